The van der Waals surface area contributed by atoms with Crippen LogP contribution < -0.4 is 5.32 Å². The van der Waals surface area contributed by atoms with E-state index >= 15 is 0 Å². The standard InChI is InChI=1S/C25H20F2N2OS2/c1-17-3-2-4-22(13-17)29-24(30)23(14-28)25(31-15-18-5-9-20(26)10-6-18)32-16-19-7-11-21(27)12-8-19/h2-13H,15-16H2,1H3,(H,29,30). The second-order valence-corrected chi connectivity index (χ2v) is 9.16. The van der Waals surface area contributed by atoms with E-state index in [2.05, 4.69) is 5.32 Å². The van der Waals surface area contributed by atoms with Crippen molar-refractivity contribution in [2.24, 2.45) is 0 Å². The molecule has 0 heterocycles. The average Bonchev–Trinajstić information content (AvgIpc) is 2.78. The number of hydrogen-bond acceptors (Lipinski definition) is 4. The lowest BCUT2D eigenvalue weighted by atomic mass is 10.2. The molecule has 0 bridgehead atoms. The van der Waals surface area contributed by atoms with Crippen LogP contribution in [0.2, 0.25) is 0 Å². The lowest BCUT2D eigenvalue weighted by Gasteiger charge is -2.11. The number of amides is 1. The summed E-state index contributed by atoms with van der Waals surface area (Å²) < 4.78 is 27.0. The first-order valence-electron chi connectivity index (χ1n) is 9.71. The van der Waals surface area contributed by atoms with E-state index in [0.29, 0.717) is 21.4 Å². The number of aryl methyl sites for hydroxylation is 1. The van der Waals surface area contributed by atoms with Crippen LogP contribution in [0.4, 0.5) is 14.5 Å². The summed E-state index contributed by atoms with van der Waals surface area (Å²) in [5.74, 6) is -0.207. The van der Waals surface area contributed by atoms with Gasteiger partial charge < -0.3 is 5.32 Å². The fraction of sp³-hybridized carbons (Fsp3) is 0.120. The van der Waals surface area contributed by atoms with Gasteiger partial charge in [0, 0.05) is 17.2 Å². The zero-order chi connectivity index (χ0) is 22.9. The number of halogens is 2. The van der Waals surface area contributed by atoms with Crippen molar-refractivity contribution in [1.82, 2.24) is 0 Å². The summed E-state index contributed by atoms with van der Waals surface area (Å²) in [6, 6.07) is 21.5. The summed E-state index contributed by atoms with van der Waals surface area (Å²) in [7, 11) is 0. The molecule has 0 aromatic heterocycles. The van der Waals surface area contributed by atoms with Crippen LogP contribution in [-0.2, 0) is 16.3 Å². The number of carbonyl (C=O) groups is 1. The zero-order valence-electron chi connectivity index (χ0n) is 17.3. The minimum Gasteiger partial charge on any atom is -0.321 e. The van der Waals surface area contributed by atoms with Gasteiger partial charge in [0.05, 0.1) is 4.24 Å². The number of thioether (sulfide) groups is 2. The molecule has 0 fully saturated rings. The van der Waals surface area contributed by atoms with E-state index in [0.717, 1.165) is 16.7 Å². The molecule has 0 unspecified atom stereocenters. The van der Waals surface area contributed by atoms with Crippen LogP contribution in [0.15, 0.2) is 82.6 Å². The van der Waals surface area contributed by atoms with Gasteiger partial charge in [-0.15, -0.1) is 23.5 Å². The highest BCUT2D eigenvalue weighted by Gasteiger charge is 2.18. The predicted molar refractivity (Wildman–Crippen MR) is 128 cm³/mol. The molecule has 1 amide bonds. The van der Waals surface area contributed by atoms with Crippen LogP contribution in [0.25, 0.3) is 0 Å². The van der Waals surface area contributed by atoms with E-state index in [1.807, 2.05) is 31.2 Å². The third-order valence-electron chi connectivity index (χ3n) is 4.39. The Balaban J connectivity index is 1.82. The molecule has 3 nitrogen and oxygen atoms in total. The highest BCUT2D eigenvalue weighted by atomic mass is 32.2. The second-order valence-electron chi connectivity index (χ2n) is 6.93. The van der Waals surface area contributed by atoms with Gasteiger partial charge in [0.2, 0.25) is 0 Å². The SMILES string of the molecule is Cc1cccc(NC(=O)C(C#N)=C(SCc2ccc(F)cc2)SCc2ccc(F)cc2)c1. The first-order chi connectivity index (χ1) is 15.4. The van der Waals surface area contributed by atoms with Crippen molar-refractivity contribution in [3.8, 4) is 6.07 Å². The molecule has 0 aliphatic heterocycles. The number of nitrogens with one attached hydrogen (secondary N) is 1. The van der Waals surface area contributed by atoms with E-state index in [1.54, 1.807) is 30.3 Å². The maximum absolute atomic E-state index is 13.2. The van der Waals surface area contributed by atoms with Crippen LogP contribution in [0, 0.1) is 29.9 Å². The topological polar surface area (TPSA) is 52.9 Å². The molecule has 0 spiro atoms. The van der Waals surface area contributed by atoms with Crippen molar-refractivity contribution < 1.29 is 13.6 Å². The summed E-state index contributed by atoms with van der Waals surface area (Å²) in [5.41, 5.74) is 3.34. The fourth-order valence-electron chi connectivity index (χ4n) is 2.75. The number of anilines is 1. The van der Waals surface area contributed by atoms with Crippen molar-refractivity contribution in [3.63, 3.8) is 0 Å². The molecule has 0 saturated heterocycles. The van der Waals surface area contributed by atoms with Gasteiger partial charge in [-0.3, -0.25) is 4.79 Å². The van der Waals surface area contributed by atoms with Crippen molar-refractivity contribution in [1.29, 1.82) is 5.26 Å². The monoisotopic (exact) mass is 466 g/mol. The third-order valence-corrected chi connectivity index (χ3v) is 6.98. The van der Waals surface area contributed by atoms with Crippen LogP contribution in [0.5, 0.6) is 0 Å². The van der Waals surface area contributed by atoms with Gasteiger partial charge in [-0.2, -0.15) is 5.26 Å². The first-order valence-corrected chi connectivity index (χ1v) is 11.7. The molecule has 0 saturated carbocycles. The highest BCUT2D eigenvalue weighted by molar-refractivity contribution is 8.21. The molecular formula is C25H20F2N2OS2. The normalized spacial score (nSPS) is 10.3. The van der Waals surface area contributed by atoms with E-state index in [-0.39, 0.29) is 17.2 Å². The smallest absolute Gasteiger partial charge is 0.268 e. The van der Waals surface area contributed by atoms with E-state index in [1.165, 1.54) is 47.8 Å². The summed E-state index contributed by atoms with van der Waals surface area (Å²) in [6.07, 6.45) is 0. The van der Waals surface area contributed by atoms with E-state index in [9.17, 15) is 18.8 Å². The summed E-state index contributed by atoms with van der Waals surface area (Å²) in [6.45, 7) is 1.92. The number of rotatable bonds is 8. The lowest BCUT2D eigenvalue weighted by molar-refractivity contribution is -0.112. The van der Waals surface area contributed by atoms with Gasteiger partial charge in [0.15, 0.2) is 0 Å². The molecule has 3 aromatic rings. The van der Waals surface area contributed by atoms with Crippen molar-refractivity contribution in [2.75, 3.05) is 5.32 Å². The Kier molecular flexibility index (Phi) is 8.48. The van der Waals surface area contributed by atoms with Crippen molar-refractivity contribution >= 4 is 35.1 Å². The Labute approximate surface area is 194 Å². The Morgan fingerprint density at radius 2 is 1.44 bits per heavy atom. The van der Waals surface area contributed by atoms with E-state index in [4.69, 9.17) is 0 Å². The second kappa shape index (κ2) is 11.5. The van der Waals surface area contributed by atoms with Gasteiger partial charge >= 0.3 is 0 Å². The van der Waals surface area contributed by atoms with Crippen molar-refractivity contribution in [3.05, 3.63) is 111 Å². The van der Waals surface area contributed by atoms with Gasteiger partial charge in [-0.25, -0.2) is 8.78 Å². The molecule has 3 aromatic carbocycles. The van der Waals surface area contributed by atoms with E-state index < -0.39 is 5.91 Å². The van der Waals surface area contributed by atoms with Crippen LogP contribution >= 0.6 is 23.5 Å². The van der Waals surface area contributed by atoms with Gasteiger partial charge in [-0.1, -0.05) is 36.4 Å². The molecule has 0 radical (unpaired) electrons. The molecule has 32 heavy (non-hydrogen) atoms. The average molecular weight is 467 g/mol. The molecule has 0 aliphatic carbocycles. The molecular weight excluding hydrogens is 446 g/mol. The Morgan fingerprint density at radius 3 is 1.91 bits per heavy atom. The highest BCUT2D eigenvalue weighted by Crippen LogP contribution is 2.36. The zero-order valence-corrected chi connectivity index (χ0v) is 18.9. The summed E-state index contributed by atoms with van der Waals surface area (Å²) in [4.78, 5) is 12.9. The van der Waals surface area contributed by atoms with Gasteiger partial charge in [0.25, 0.3) is 5.91 Å². The first kappa shape index (κ1) is 23.6. The lowest BCUT2D eigenvalue weighted by Crippen LogP contribution is -2.14. The number of carbonyl (C=O) groups excluding carboxylic acids is 1. The van der Waals surface area contributed by atoms with Crippen molar-refractivity contribution in [2.45, 2.75) is 18.4 Å². The molecule has 1 N–H and O–H groups in total. The van der Waals surface area contributed by atoms with Crippen LogP contribution in [0.3, 0.4) is 0 Å². The molecule has 3 rings (SSSR count). The predicted octanol–water partition coefficient (Wildman–Crippen LogP) is 6.81. The molecule has 7 heteroatoms. The number of nitrogens with zero attached hydrogens (tertiary/aromatic N) is 1. The summed E-state index contributed by atoms with van der Waals surface area (Å²) in [5, 5.41) is 12.6. The van der Waals surface area contributed by atoms with Gasteiger partial charge in [0.1, 0.15) is 23.3 Å². The Bertz CT molecular complexity index is 1100. The van der Waals surface area contributed by atoms with Gasteiger partial charge in [-0.05, 0) is 60.0 Å². The number of nitriles is 1. The fourth-order valence-corrected chi connectivity index (χ4v) is 4.98. The quantitative estimate of drug-likeness (QED) is 0.293. The largest absolute Gasteiger partial charge is 0.321 e. The molecule has 0 aliphatic rings. The maximum Gasteiger partial charge on any atom is 0.268 e. The van der Waals surface area contributed by atoms with Crippen LogP contribution in [-0.4, -0.2) is 5.91 Å². The van der Waals surface area contributed by atoms with Crippen LogP contribution in [0.1, 0.15) is 16.7 Å². The number of hydrogen-bond donors (Lipinski definition) is 1. The third kappa shape index (κ3) is 6.98. The number of benzene rings is 3. The maximum atomic E-state index is 13.2. The molecule has 0 atom stereocenters. The Morgan fingerprint density at radius 1 is 0.906 bits per heavy atom. The Hall–Kier alpha value is -3.08. The minimum atomic E-state index is -0.494. The summed E-state index contributed by atoms with van der Waals surface area (Å²) >= 11 is 2.68. The minimum absolute atomic E-state index is 0.00531. The molecule has 162 valence electrons.